The third kappa shape index (κ3) is 2.35. The highest BCUT2D eigenvalue weighted by atomic mass is 35.5. The monoisotopic (exact) mass is 279 g/mol. The highest BCUT2D eigenvalue weighted by Gasteiger charge is 2.16. The predicted molar refractivity (Wildman–Crippen MR) is 75.5 cm³/mol. The van der Waals surface area contributed by atoms with Gasteiger partial charge in [-0.3, -0.25) is 4.79 Å². The number of ketones is 1. The SMILES string of the molecule is Cc1cccc(C(=O)c2ccc(N)cc2Cl)c1Cl. The Morgan fingerprint density at radius 1 is 1.11 bits per heavy atom. The van der Waals surface area contributed by atoms with Crippen LogP contribution in [0, 0.1) is 6.92 Å². The molecule has 92 valence electrons. The summed E-state index contributed by atoms with van der Waals surface area (Å²) in [6.45, 7) is 1.85. The van der Waals surface area contributed by atoms with E-state index in [9.17, 15) is 4.79 Å². The average Bonchev–Trinajstić information content (AvgIpc) is 2.32. The highest BCUT2D eigenvalue weighted by Crippen LogP contribution is 2.27. The number of nitrogens with two attached hydrogens (primary N) is 1. The summed E-state index contributed by atoms with van der Waals surface area (Å²) < 4.78 is 0. The van der Waals surface area contributed by atoms with Crippen molar-refractivity contribution in [2.24, 2.45) is 0 Å². The van der Waals surface area contributed by atoms with Crippen molar-refractivity contribution >= 4 is 34.7 Å². The summed E-state index contributed by atoms with van der Waals surface area (Å²) in [6, 6.07) is 10.1. The molecule has 0 atom stereocenters. The summed E-state index contributed by atoms with van der Waals surface area (Å²) in [5.74, 6) is -0.200. The first kappa shape index (κ1) is 12.9. The van der Waals surface area contributed by atoms with Gasteiger partial charge in [0, 0.05) is 16.8 Å². The molecule has 0 aromatic heterocycles. The first-order valence-corrected chi connectivity index (χ1v) is 6.11. The number of carbonyl (C=O) groups is 1. The number of carbonyl (C=O) groups excluding carboxylic acids is 1. The number of hydrogen-bond donors (Lipinski definition) is 1. The van der Waals surface area contributed by atoms with Crippen LogP contribution in [0.2, 0.25) is 10.0 Å². The molecule has 2 nitrogen and oxygen atoms in total. The summed E-state index contributed by atoms with van der Waals surface area (Å²) in [5.41, 5.74) is 7.82. The van der Waals surface area contributed by atoms with Crippen LogP contribution in [0.5, 0.6) is 0 Å². The zero-order valence-corrected chi connectivity index (χ0v) is 11.2. The lowest BCUT2D eigenvalue weighted by molar-refractivity contribution is 0.103. The van der Waals surface area contributed by atoms with Crippen LogP contribution in [0.15, 0.2) is 36.4 Å². The van der Waals surface area contributed by atoms with Crippen molar-refractivity contribution in [2.75, 3.05) is 5.73 Å². The maximum Gasteiger partial charge on any atom is 0.196 e. The van der Waals surface area contributed by atoms with Crippen LogP contribution in [0.1, 0.15) is 21.5 Å². The molecule has 0 aliphatic rings. The second-order valence-corrected chi connectivity index (χ2v) is 4.79. The van der Waals surface area contributed by atoms with Gasteiger partial charge in [0.2, 0.25) is 0 Å². The lowest BCUT2D eigenvalue weighted by Crippen LogP contribution is -2.04. The summed E-state index contributed by atoms with van der Waals surface area (Å²) in [6.07, 6.45) is 0. The van der Waals surface area contributed by atoms with Gasteiger partial charge < -0.3 is 5.73 Å². The molecule has 0 heterocycles. The van der Waals surface area contributed by atoms with Gasteiger partial charge in [-0.15, -0.1) is 0 Å². The molecule has 0 saturated heterocycles. The molecule has 0 radical (unpaired) electrons. The van der Waals surface area contributed by atoms with E-state index in [2.05, 4.69) is 0 Å². The van der Waals surface area contributed by atoms with Crippen LogP contribution < -0.4 is 5.73 Å². The minimum Gasteiger partial charge on any atom is -0.399 e. The Balaban J connectivity index is 2.51. The first-order valence-electron chi connectivity index (χ1n) is 5.35. The van der Waals surface area contributed by atoms with Gasteiger partial charge in [-0.2, -0.15) is 0 Å². The van der Waals surface area contributed by atoms with Crippen molar-refractivity contribution in [1.29, 1.82) is 0 Å². The summed E-state index contributed by atoms with van der Waals surface area (Å²) in [5, 5.41) is 0.785. The second kappa shape index (κ2) is 5.01. The molecule has 18 heavy (non-hydrogen) atoms. The van der Waals surface area contributed by atoms with Crippen LogP contribution >= 0.6 is 23.2 Å². The molecule has 0 aliphatic heterocycles. The molecular weight excluding hydrogens is 269 g/mol. The summed E-state index contributed by atoms with van der Waals surface area (Å²) in [4.78, 5) is 12.3. The normalized spacial score (nSPS) is 10.4. The Kier molecular flexibility index (Phi) is 3.60. The Morgan fingerprint density at radius 3 is 2.50 bits per heavy atom. The Hall–Kier alpha value is -1.51. The van der Waals surface area contributed by atoms with Crippen molar-refractivity contribution in [3.63, 3.8) is 0 Å². The molecule has 0 spiro atoms. The Labute approximate surface area is 115 Å². The minimum absolute atomic E-state index is 0.200. The Morgan fingerprint density at radius 2 is 1.83 bits per heavy atom. The third-order valence-electron chi connectivity index (χ3n) is 2.67. The van der Waals surface area contributed by atoms with Crippen molar-refractivity contribution in [2.45, 2.75) is 6.92 Å². The van der Waals surface area contributed by atoms with E-state index in [-0.39, 0.29) is 5.78 Å². The quantitative estimate of drug-likeness (QED) is 0.664. The van der Waals surface area contributed by atoms with Crippen LogP contribution in [-0.2, 0) is 0 Å². The van der Waals surface area contributed by atoms with Gasteiger partial charge in [-0.05, 0) is 36.8 Å². The van der Waals surface area contributed by atoms with Crippen molar-refractivity contribution in [3.8, 4) is 0 Å². The predicted octanol–water partition coefficient (Wildman–Crippen LogP) is 4.12. The van der Waals surface area contributed by atoms with Gasteiger partial charge in [0.1, 0.15) is 0 Å². The van der Waals surface area contributed by atoms with Crippen LogP contribution in [0.4, 0.5) is 5.69 Å². The molecule has 2 rings (SSSR count). The topological polar surface area (TPSA) is 43.1 Å². The van der Waals surface area contributed by atoms with E-state index in [1.807, 2.05) is 13.0 Å². The van der Waals surface area contributed by atoms with Gasteiger partial charge in [0.15, 0.2) is 5.78 Å². The number of hydrogen-bond acceptors (Lipinski definition) is 2. The number of halogens is 2. The van der Waals surface area contributed by atoms with Crippen molar-refractivity contribution in [3.05, 3.63) is 63.1 Å². The summed E-state index contributed by atoms with van der Waals surface area (Å²) >= 11 is 12.2. The number of benzene rings is 2. The fraction of sp³-hybridized carbons (Fsp3) is 0.0714. The fourth-order valence-corrected chi connectivity index (χ4v) is 2.17. The maximum absolute atomic E-state index is 12.3. The van der Waals surface area contributed by atoms with Crippen molar-refractivity contribution < 1.29 is 4.79 Å². The molecule has 4 heteroatoms. The third-order valence-corrected chi connectivity index (χ3v) is 3.49. The van der Waals surface area contributed by atoms with Crippen LogP contribution in [-0.4, -0.2) is 5.78 Å². The van der Waals surface area contributed by atoms with Crippen LogP contribution in [0.3, 0.4) is 0 Å². The van der Waals surface area contributed by atoms with Crippen molar-refractivity contribution in [1.82, 2.24) is 0 Å². The highest BCUT2D eigenvalue weighted by molar-refractivity contribution is 6.38. The van der Waals surface area contributed by atoms with Gasteiger partial charge >= 0.3 is 0 Å². The molecule has 2 aromatic carbocycles. The largest absolute Gasteiger partial charge is 0.399 e. The van der Waals surface area contributed by atoms with Gasteiger partial charge in [0.25, 0.3) is 0 Å². The van der Waals surface area contributed by atoms with Gasteiger partial charge in [0.05, 0.1) is 10.0 Å². The number of anilines is 1. The lowest BCUT2D eigenvalue weighted by atomic mass is 10.0. The van der Waals surface area contributed by atoms with E-state index in [1.165, 1.54) is 0 Å². The molecule has 2 N–H and O–H groups in total. The molecule has 0 saturated carbocycles. The van der Waals surface area contributed by atoms with Gasteiger partial charge in [-0.25, -0.2) is 0 Å². The first-order chi connectivity index (χ1) is 8.50. The van der Waals surface area contributed by atoms with E-state index in [1.54, 1.807) is 30.3 Å². The molecule has 0 bridgehead atoms. The van der Waals surface area contributed by atoms with Crippen LogP contribution in [0.25, 0.3) is 0 Å². The molecule has 0 aliphatic carbocycles. The molecule has 0 fully saturated rings. The zero-order chi connectivity index (χ0) is 13.3. The molecule has 0 amide bonds. The fourth-order valence-electron chi connectivity index (χ4n) is 1.68. The lowest BCUT2D eigenvalue weighted by Gasteiger charge is -2.08. The smallest absolute Gasteiger partial charge is 0.196 e. The molecule has 2 aromatic rings. The van der Waals surface area contributed by atoms with E-state index in [4.69, 9.17) is 28.9 Å². The Bertz CT molecular complexity index is 623. The second-order valence-electron chi connectivity index (χ2n) is 4.00. The minimum atomic E-state index is -0.200. The van der Waals surface area contributed by atoms with E-state index in [0.717, 1.165) is 5.56 Å². The maximum atomic E-state index is 12.3. The van der Waals surface area contributed by atoms with E-state index >= 15 is 0 Å². The number of rotatable bonds is 2. The van der Waals surface area contributed by atoms with E-state index in [0.29, 0.717) is 26.9 Å². The average molecular weight is 280 g/mol. The zero-order valence-electron chi connectivity index (χ0n) is 9.71. The number of aryl methyl sites for hydroxylation is 1. The van der Waals surface area contributed by atoms with E-state index < -0.39 is 0 Å². The standard InChI is InChI=1S/C14H11Cl2NO/c1-8-3-2-4-11(13(8)16)14(18)10-6-5-9(17)7-12(10)15/h2-7H,17H2,1H3. The molecular formula is C14H11Cl2NO. The van der Waals surface area contributed by atoms with Gasteiger partial charge in [-0.1, -0.05) is 35.3 Å². The number of nitrogen functional groups attached to an aromatic ring is 1. The summed E-state index contributed by atoms with van der Waals surface area (Å²) in [7, 11) is 0. The molecule has 0 unspecified atom stereocenters.